The summed E-state index contributed by atoms with van der Waals surface area (Å²) in [7, 11) is 0. The van der Waals surface area contributed by atoms with Gasteiger partial charge in [0.25, 0.3) is 0 Å². The Morgan fingerprint density at radius 3 is 0.703 bits per heavy atom. The number of ether oxygens (including phenoxy) is 4. The van der Waals surface area contributed by atoms with Gasteiger partial charge in [0.15, 0.2) is 0 Å². The van der Waals surface area contributed by atoms with Crippen LogP contribution in [0.3, 0.4) is 0 Å². The highest BCUT2D eigenvalue weighted by atomic mass is 16.5. The van der Waals surface area contributed by atoms with E-state index in [1.54, 1.807) is 0 Å². The molecule has 0 N–H and O–H groups in total. The van der Waals surface area contributed by atoms with Gasteiger partial charge in [0.2, 0.25) is 0 Å². The van der Waals surface area contributed by atoms with Gasteiger partial charge in [-0.25, -0.2) is 0 Å². The van der Waals surface area contributed by atoms with Crippen LogP contribution in [-0.4, -0.2) is 26.4 Å². The second kappa shape index (κ2) is 30.8. The highest BCUT2D eigenvalue weighted by molar-refractivity contribution is 5.86. The fraction of sp³-hybridized carbons (Fsp3) is 0.486. The lowest BCUT2D eigenvalue weighted by molar-refractivity contribution is 0.302. The number of hydrogen-bond donors (Lipinski definition) is 0. The molecular weight excluding hydrogens is 905 g/mol. The summed E-state index contributed by atoms with van der Waals surface area (Å²) < 4.78 is 26.2. The highest BCUT2D eigenvalue weighted by Gasteiger charge is 2.61. The predicted octanol–water partition coefficient (Wildman–Crippen LogP) is 20.0. The SMILES string of the molecule is CCCCCCCCOc1ccc(C2(c3ccc(OCCCCCCCC)cc3)c3ccccc3-c3ccccc3C2(c2ccc(OCCCCCCCC)cc2)c2ccc(OCCCCCCCC)cc2)cc1. The summed E-state index contributed by atoms with van der Waals surface area (Å²) in [4.78, 5) is 0. The maximum atomic E-state index is 6.54. The second-order valence-electron chi connectivity index (χ2n) is 21.2. The Balaban J connectivity index is 1.37. The molecule has 4 nitrogen and oxygen atoms in total. The average molecular weight is 998 g/mol. The monoisotopic (exact) mass is 997 g/mol. The molecule has 0 unspecified atom stereocenters. The summed E-state index contributed by atoms with van der Waals surface area (Å²) in [6, 6.07) is 55.0. The molecular formula is C70H92O4. The zero-order valence-corrected chi connectivity index (χ0v) is 46.3. The minimum absolute atomic E-state index is 0.720. The molecule has 0 saturated heterocycles. The summed E-state index contributed by atoms with van der Waals surface area (Å²) in [5, 5.41) is 0. The van der Waals surface area contributed by atoms with Crippen molar-refractivity contribution >= 4 is 0 Å². The number of hydrogen-bond acceptors (Lipinski definition) is 4. The van der Waals surface area contributed by atoms with Crippen LogP contribution in [0.25, 0.3) is 11.1 Å². The first kappa shape index (κ1) is 56.3. The van der Waals surface area contributed by atoms with Gasteiger partial charge in [0.05, 0.1) is 37.3 Å². The van der Waals surface area contributed by atoms with Crippen LogP contribution in [-0.2, 0) is 10.8 Å². The topological polar surface area (TPSA) is 36.9 Å². The maximum Gasteiger partial charge on any atom is 0.119 e. The van der Waals surface area contributed by atoms with Crippen molar-refractivity contribution in [3.63, 3.8) is 0 Å². The summed E-state index contributed by atoms with van der Waals surface area (Å²) >= 11 is 0. The zero-order valence-electron chi connectivity index (χ0n) is 46.3. The molecule has 396 valence electrons. The Labute approximate surface area is 449 Å². The molecule has 4 heteroatoms. The average Bonchev–Trinajstić information content (AvgIpc) is 3.44. The molecule has 6 aromatic rings. The van der Waals surface area contributed by atoms with Crippen molar-refractivity contribution in [3.05, 3.63) is 179 Å². The van der Waals surface area contributed by atoms with E-state index in [1.807, 2.05) is 0 Å². The lowest BCUT2D eigenvalue weighted by atomic mass is 9.43. The molecule has 0 aromatic heterocycles. The van der Waals surface area contributed by atoms with Crippen LogP contribution in [0.15, 0.2) is 146 Å². The largest absolute Gasteiger partial charge is 0.494 e. The first-order chi connectivity index (χ1) is 36.6. The molecule has 0 fully saturated rings. The van der Waals surface area contributed by atoms with Crippen LogP contribution in [0.1, 0.15) is 215 Å². The minimum atomic E-state index is -0.796. The second-order valence-corrected chi connectivity index (χ2v) is 21.2. The van der Waals surface area contributed by atoms with Crippen LogP contribution in [0.5, 0.6) is 23.0 Å². The molecule has 1 aliphatic rings. The van der Waals surface area contributed by atoms with E-state index in [4.69, 9.17) is 18.9 Å². The molecule has 0 heterocycles. The lowest BCUT2D eigenvalue weighted by Crippen LogP contribution is -2.54. The fourth-order valence-corrected chi connectivity index (χ4v) is 11.8. The molecule has 7 rings (SSSR count). The summed E-state index contributed by atoms with van der Waals surface area (Å²) in [6.07, 6.45) is 29.6. The van der Waals surface area contributed by atoms with Gasteiger partial charge in [0, 0.05) is 0 Å². The zero-order chi connectivity index (χ0) is 51.5. The van der Waals surface area contributed by atoms with Gasteiger partial charge in [-0.1, -0.05) is 253 Å². The van der Waals surface area contributed by atoms with Gasteiger partial charge in [-0.2, -0.15) is 0 Å². The molecule has 6 aromatic carbocycles. The molecule has 0 radical (unpaired) electrons. The Bertz CT molecular complexity index is 2150. The Morgan fingerprint density at radius 1 is 0.243 bits per heavy atom. The molecule has 0 saturated carbocycles. The lowest BCUT2D eigenvalue weighted by Gasteiger charge is -2.57. The van der Waals surface area contributed by atoms with E-state index in [9.17, 15) is 0 Å². The first-order valence-electron chi connectivity index (χ1n) is 29.7. The Morgan fingerprint density at radius 2 is 0.459 bits per heavy atom. The molecule has 1 aliphatic carbocycles. The molecule has 0 atom stereocenters. The molecule has 0 spiro atoms. The van der Waals surface area contributed by atoms with E-state index in [2.05, 4.69) is 173 Å². The highest BCUT2D eigenvalue weighted by Crippen LogP contribution is 2.65. The third-order valence-electron chi connectivity index (χ3n) is 15.7. The first-order valence-corrected chi connectivity index (χ1v) is 29.7. The van der Waals surface area contributed by atoms with Gasteiger partial charge in [-0.15, -0.1) is 0 Å². The van der Waals surface area contributed by atoms with E-state index in [0.29, 0.717) is 0 Å². The van der Waals surface area contributed by atoms with Gasteiger partial charge in [0.1, 0.15) is 23.0 Å². The summed E-state index contributed by atoms with van der Waals surface area (Å²) in [5.41, 5.74) is 8.17. The van der Waals surface area contributed by atoms with E-state index in [1.165, 1.54) is 173 Å². The van der Waals surface area contributed by atoms with Crippen LogP contribution in [0.4, 0.5) is 0 Å². The molecule has 0 bridgehead atoms. The normalized spacial score (nSPS) is 13.2. The van der Waals surface area contributed by atoms with Gasteiger partial charge < -0.3 is 18.9 Å². The van der Waals surface area contributed by atoms with Gasteiger partial charge in [-0.3, -0.25) is 0 Å². The molecule has 0 aliphatic heterocycles. The van der Waals surface area contributed by atoms with Gasteiger partial charge in [-0.05, 0) is 119 Å². The van der Waals surface area contributed by atoms with Crippen molar-refractivity contribution in [2.75, 3.05) is 26.4 Å². The van der Waals surface area contributed by atoms with Crippen LogP contribution in [0.2, 0.25) is 0 Å². The van der Waals surface area contributed by atoms with E-state index < -0.39 is 10.8 Å². The summed E-state index contributed by atoms with van der Waals surface area (Å²) in [6.45, 7) is 12.0. The molecule has 74 heavy (non-hydrogen) atoms. The Kier molecular flexibility index (Phi) is 23.4. The quantitative estimate of drug-likeness (QED) is 0.0368. The van der Waals surface area contributed by atoms with Crippen molar-refractivity contribution < 1.29 is 18.9 Å². The maximum absolute atomic E-state index is 6.54. The van der Waals surface area contributed by atoms with Crippen molar-refractivity contribution in [2.24, 2.45) is 0 Å². The van der Waals surface area contributed by atoms with E-state index >= 15 is 0 Å². The Hall–Kier alpha value is -5.48. The van der Waals surface area contributed by atoms with Gasteiger partial charge >= 0.3 is 0 Å². The van der Waals surface area contributed by atoms with Crippen molar-refractivity contribution in [3.8, 4) is 34.1 Å². The number of rotatable bonds is 36. The number of unbranched alkanes of at least 4 members (excludes halogenated alkanes) is 20. The van der Waals surface area contributed by atoms with Crippen molar-refractivity contribution in [1.82, 2.24) is 0 Å². The minimum Gasteiger partial charge on any atom is -0.494 e. The van der Waals surface area contributed by atoms with Crippen molar-refractivity contribution in [2.45, 2.75) is 193 Å². The van der Waals surface area contributed by atoms with Crippen molar-refractivity contribution in [1.29, 1.82) is 0 Å². The van der Waals surface area contributed by atoms with E-state index in [-0.39, 0.29) is 0 Å². The third-order valence-corrected chi connectivity index (χ3v) is 15.7. The van der Waals surface area contributed by atoms with Crippen LogP contribution < -0.4 is 18.9 Å². The third kappa shape index (κ3) is 14.3. The standard InChI is InChI=1S/C70H92O4/c1-5-9-13-17-21-29-53-71-61-45-37-57(38-46-61)69(58-39-47-62(48-40-58)72-54-30-22-18-14-10-6-2)67-35-27-25-33-65(67)66-34-26-28-36-68(66)70(69,59-41-49-63(50-42-59)73-55-31-23-19-15-11-7-3)60-43-51-64(52-44-60)74-56-32-24-20-16-12-8-4/h25-28,33-52H,5-24,29-32,53-56H2,1-4H3. The number of benzene rings is 6. The predicted molar refractivity (Wildman–Crippen MR) is 313 cm³/mol. The summed E-state index contributed by atoms with van der Waals surface area (Å²) in [5.74, 6) is 3.63. The molecule has 0 amide bonds. The smallest absolute Gasteiger partial charge is 0.119 e. The fourth-order valence-electron chi connectivity index (χ4n) is 11.8. The van der Waals surface area contributed by atoms with Crippen LogP contribution >= 0.6 is 0 Å². The number of fused-ring (bicyclic) bond motifs is 3. The van der Waals surface area contributed by atoms with E-state index in [0.717, 1.165) is 75.1 Å². The van der Waals surface area contributed by atoms with Crippen LogP contribution in [0, 0.1) is 0 Å².